The molecule has 0 fully saturated rings. The Hall–Kier alpha value is -0.910. The van der Waals surface area contributed by atoms with Gasteiger partial charge in [-0.05, 0) is 37.8 Å². The molecule has 0 saturated heterocycles. The van der Waals surface area contributed by atoms with Crippen molar-refractivity contribution in [1.29, 1.82) is 0 Å². The van der Waals surface area contributed by atoms with Gasteiger partial charge >= 0.3 is 0 Å². The Kier molecular flexibility index (Phi) is 3.99. The van der Waals surface area contributed by atoms with Gasteiger partial charge in [0.25, 0.3) is 0 Å². The summed E-state index contributed by atoms with van der Waals surface area (Å²) in [6, 6.07) is 8.76. The second kappa shape index (κ2) is 5.23. The van der Waals surface area contributed by atoms with Gasteiger partial charge in [-0.3, -0.25) is 0 Å². The molecule has 0 saturated carbocycles. The maximum Gasteiger partial charge on any atom is 0.209 e. The molecule has 0 radical (unpaired) electrons. The van der Waals surface area contributed by atoms with Gasteiger partial charge in [-0.25, -0.2) is 13.1 Å². The van der Waals surface area contributed by atoms with Crippen LogP contribution in [0.4, 0.5) is 0 Å². The lowest BCUT2D eigenvalue weighted by Gasteiger charge is -2.27. The normalized spacial score (nSPS) is 19.4. The van der Waals surface area contributed by atoms with Crippen LogP contribution < -0.4 is 10.0 Å². The summed E-state index contributed by atoms with van der Waals surface area (Å²) in [5.74, 6) is 0. The number of rotatable bonds is 5. The van der Waals surface area contributed by atoms with E-state index in [1.807, 2.05) is 13.8 Å². The molecule has 1 aliphatic carbocycles. The highest BCUT2D eigenvalue weighted by Crippen LogP contribution is 2.30. The summed E-state index contributed by atoms with van der Waals surface area (Å²) in [6.07, 6.45) is 3.36. The van der Waals surface area contributed by atoms with Crippen LogP contribution in [-0.2, 0) is 16.4 Å². The third-order valence-electron chi connectivity index (χ3n) is 3.38. The number of hydrogen-bond donors (Lipinski definition) is 2. The summed E-state index contributed by atoms with van der Waals surface area (Å²) in [5.41, 5.74) is 2.26. The molecule has 0 amide bonds. The van der Waals surface area contributed by atoms with Crippen molar-refractivity contribution >= 4 is 10.0 Å². The smallest absolute Gasteiger partial charge is 0.209 e. The van der Waals surface area contributed by atoms with E-state index in [0.29, 0.717) is 12.6 Å². The summed E-state index contributed by atoms with van der Waals surface area (Å²) < 4.78 is 25.3. The van der Waals surface area contributed by atoms with Gasteiger partial charge in [0.1, 0.15) is 0 Å². The molecule has 1 atom stereocenters. The summed E-state index contributed by atoms with van der Waals surface area (Å²) in [5, 5.41) is 3.47. The monoisotopic (exact) mass is 282 g/mol. The first-order valence-corrected chi connectivity index (χ1v) is 8.46. The number of aryl methyl sites for hydroxylation is 1. The van der Waals surface area contributed by atoms with Crippen LogP contribution in [0.5, 0.6) is 0 Å². The Morgan fingerprint density at radius 3 is 2.68 bits per heavy atom. The van der Waals surface area contributed by atoms with E-state index in [9.17, 15) is 8.42 Å². The lowest BCUT2D eigenvalue weighted by molar-refractivity contribution is 0.389. The van der Waals surface area contributed by atoms with Crippen molar-refractivity contribution in [2.75, 3.05) is 12.8 Å². The first-order valence-electron chi connectivity index (χ1n) is 6.57. The molecule has 1 unspecified atom stereocenters. The highest BCUT2D eigenvalue weighted by molar-refractivity contribution is 7.88. The van der Waals surface area contributed by atoms with Crippen molar-refractivity contribution in [2.24, 2.45) is 0 Å². The van der Waals surface area contributed by atoms with E-state index >= 15 is 0 Å². The third-order valence-corrected chi connectivity index (χ3v) is 4.31. The lowest BCUT2D eigenvalue weighted by atomic mass is 10.0. The van der Waals surface area contributed by atoms with Crippen LogP contribution in [-0.4, -0.2) is 26.8 Å². The molecule has 5 heteroatoms. The fraction of sp³-hybridized carbons (Fsp3) is 0.571. The predicted octanol–water partition coefficient (Wildman–Crippen LogP) is 1.59. The molecule has 2 N–H and O–H groups in total. The molecule has 0 spiro atoms. The zero-order valence-corrected chi connectivity index (χ0v) is 12.5. The average molecular weight is 282 g/mol. The molecule has 0 bridgehead atoms. The van der Waals surface area contributed by atoms with Crippen molar-refractivity contribution in [3.8, 4) is 0 Å². The van der Waals surface area contributed by atoms with Gasteiger partial charge in [-0.15, -0.1) is 0 Å². The van der Waals surface area contributed by atoms with Crippen LogP contribution >= 0.6 is 0 Å². The van der Waals surface area contributed by atoms with Gasteiger partial charge in [0.2, 0.25) is 10.0 Å². The first kappa shape index (κ1) is 14.5. The van der Waals surface area contributed by atoms with E-state index in [1.54, 1.807) is 0 Å². The average Bonchev–Trinajstić information content (AvgIpc) is 2.66. The zero-order valence-electron chi connectivity index (χ0n) is 11.7. The molecule has 1 aromatic carbocycles. The van der Waals surface area contributed by atoms with Crippen molar-refractivity contribution in [3.05, 3.63) is 35.4 Å². The highest BCUT2D eigenvalue weighted by atomic mass is 32.2. The van der Waals surface area contributed by atoms with Crippen LogP contribution in [0.1, 0.15) is 37.4 Å². The standard InChI is InChI=1S/C14H22N2O2S/c1-14(2,16-19(3,17)18)10-15-13-9-8-11-6-4-5-7-12(11)13/h4-7,13,15-16H,8-10H2,1-3H3. The van der Waals surface area contributed by atoms with Crippen molar-refractivity contribution < 1.29 is 8.42 Å². The molecule has 19 heavy (non-hydrogen) atoms. The quantitative estimate of drug-likeness (QED) is 0.862. The van der Waals surface area contributed by atoms with E-state index in [4.69, 9.17) is 0 Å². The van der Waals surface area contributed by atoms with Gasteiger partial charge in [-0.1, -0.05) is 24.3 Å². The molecular formula is C14H22N2O2S. The molecule has 2 rings (SSSR count). The van der Waals surface area contributed by atoms with E-state index in [1.165, 1.54) is 17.4 Å². The van der Waals surface area contributed by atoms with Crippen molar-refractivity contribution in [1.82, 2.24) is 10.0 Å². The minimum absolute atomic E-state index is 0.330. The van der Waals surface area contributed by atoms with E-state index in [-0.39, 0.29) is 0 Å². The van der Waals surface area contributed by atoms with E-state index < -0.39 is 15.6 Å². The van der Waals surface area contributed by atoms with E-state index in [2.05, 4.69) is 34.3 Å². The van der Waals surface area contributed by atoms with Crippen molar-refractivity contribution in [3.63, 3.8) is 0 Å². The van der Waals surface area contributed by atoms with Crippen molar-refractivity contribution in [2.45, 2.75) is 38.3 Å². The Bertz CT molecular complexity index is 552. The molecule has 0 aliphatic heterocycles. The van der Waals surface area contributed by atoms with Gasteiger partial charge in [-0.2, -0.15) is 0 Å². The second-order valence-corrected chi connectivity index (χ2v) is 7.68. The highest BCUT2D eigenvalue weighted by Gasteiger charge is 2.26. The Morgan fingerprint density at radius 2 is 2.00 bits per heavy atom. The fourth-order valence-corrected chi connectivity index (χ4v) is 3.76. The Morgan fingerprint density at radius 1 is 1.32 bits per heavy atom. The number of fused-ring (bicyclic) bond motifs is 1. The molecule has 0 heterocycles. The van der Waals surface area contributed by atoms with Gasteiger partial charge < -0.3 is 5.32 Å². The second-order valence-electron chi connectivity index (χ2n) is 5.93. The number of benzene rings is 1. The number of hydrogen-bond acceptors (Lipinski definition) is 3. The van der Waals surface area contributed by atoms with Crippen LogP contribution in [0.15, 0.2) is 24.3 Å². The SMILES string of the molecule is CC(C)(CNC1CCc2ccccc21)NS(C)(=O)=O. The first-order chi connectivity index (χ1) is 8.77. The minimum atomic E-state index is -3.18. The third kappa shape index (κ3) is 4.03. The summed E-state index contributed by atoms with van der Waals surface area (Å²) in [4.78, 5) is 0. The molecule has 1 aliphatic rings. The molecule has 106 valence electrons. The Balaban J connectivity index is 1.97. The molecular weight excluding hydrogens is 260 g/mol. The van der Waals surface area contributed by atoms with Crippen LogP contribution in [0, 0.1) is 0 Å². The van der Waals surface area contributed by atoms with Gasteiger partial charge in [0, 0.05) is 18.1 Å². The topological polar surface area (TPSA) is 58.2 Å². The van der Waals surface area contributed by atoms with Crippen LogP contribution in [0.25, 0.3) is 0 Å². The summed E-state index contributed by atoms with van der Waals surface area (Å²) in [6.45, 7) is 4.39. The predicted molar refractivity (Wildman–Crippen MR) is 77.6 cm³/mol. The Labute approximate surface area is 115 Å². The van der Waals surface area contributed by atoms with Gasteiger partial charge in [0.05, 0.1) is 6.26 Å². The number of sulfonamides is 1. The molecule has 0 aromatic heterocycles. The fourth-order valence-electron chi connectivity index (χ4n) is 2.69. The summed E-state index contributed by atoms with van der Waals surface area (Å²) >= 11 is 0. The minimum Gasteiger partial charge on any atom is -0.308 e. The summed E-state index contributed by atoms with van der Waals surface area (Å²) in [7, 11) is -3.18. The zero-order chi connectivity index (χ0) is 14.1. The van der Waals surface area contributed by atoms with Crippen LogP contribution in [0.3, 0.4) is 0 Å². The van der Waals surface area contributed by atoms with Crippen LogP contribution in [0.2, 0.25) is 0 Å². The number of nitrogens with one attached hydrogen (secondary N) is 2. The lowest BCUT2D eigenvalue weighted by Crippen LogP contribution is -2.50. The molecule has 1 aromatic rings. The molecule has 4 nitrogen and oxygen atoms in total. The largest absolute Gasteiger partial charge is 0.308 e. The maximum absolute atomic E-state index is 11.3. The van der Waals surface area contributed by atoms with E-state index in [0.717, 1.165) is 12.8 Å². The maximum atomic E-state index is 11.3. The van der Waals surface area contributed by atoms with Gasteiger partial charge in [0.15, 0.2) is 0 Å².